The van der Waals surface area contributed by atoms with Gasteiger partial charge in [0.25, 0.3) is 0 Å². The van der Waals surface area contributed by atoms with Crippen LogP contribution in [0.15, 0.2) is 0 Å². The summed E-state index contributed by atoms with van der Waals surface area (Å²) >= 11 is 0. The Morgan fingerprint density at radius 1 is 0.769 bits per heavy atom. The molecule has 0 aliphatic heterocycles. The molecule has 0 unspecified atom stereocenters. The summed E-state index contributed by atoms with van der Waals surface area (Å²) in [4.78, 5) is 0. The standard InChI is InChI=1S/C4H10O.2BF3/c1-3-5-4-2;2*2-1(3)4/h3-4H2,1-2H3;;. The molecule has 0 saturated heterocycles. The third-order valence-corrected chi connectivity index (χ3v) is 0.408. The SMILES string of the molecule is CCOCC.FB(F)F.FB(F)F. The van der Waals surface area contributed by atoms with Gasteiger partial charge in [0, 0.05) is 13.2 Å². The Hall–Kier alpha value is -0.330. The second-order valence-electron chi connectivity index (χ2n) is 1.28. The normalized spacial score (nSPS) is 7.38. The zero-order chi connectivity index (χ0) is 11.3. The predicted octanol–water partition coefficient (Wildman–Crippen LogP) is 2.80. The van der Waals surface area contributed by atoms with Gasteiger partial charge in [-0.25, -0.2) is 0 Å². The highest BCUT2D eigenvalue weighted by Gasteiger charge is 2.06. The van der Waals surface area contributed by atoms with E-state index in [9.17, 15) is 25.9 Å². The Balaban J connectivity index is -0.000000117. The van der Waals surface area contributed by atoms with E-state index in [1.54, 1.807) is 0 Å². The summed E-state index contributed by atoms with van der Waals surface area (Å²) in [5, 5.41) is 0. The van der Waals surface area contributed by atoms with Crippen molar-refractivity contribution < 1.29 is 30.6 Å². The highest BCUT2D eigenvalue weighted by molar-refractivity contribution is 6.33. The van der Waals surface area contributed by atoms with Crippen molar-refractivity contribution in [2.45, 2.75) is 13.8 Å². The maximum absolute atomic E-state index is 9.67. The molecule has 0 aromatic rings. The molecule has 0 fully saturated rings. The van der Waals surface area contributed by atoms with Gasteiger partial charge in [0.15, 0.2) is 0 Å². The lowest BCUT2D eigenvalue weighted by atomic mass is 10.5. The predicted molar refractivity (Wildman–Crippen MR) is 40.3 cm³/mol. The molecule has 0 rings (SSSR count). The zero-order valence-corrected chi connectivity index (χ0v) is 7.24. The topological polar surface area (TPSA) is 9.23 Å². The monoisotopic (exact) mass is 210 g/mol. The van der Waals surface area contributed by atoms with E-state index in [0.717, 1.165) is 13.2 Å². The first-order valence-corrected chi connectivity index (χ1v) is 3.30. The minimum absolute atomic E-state index is 0.844. The van der Waals surface area contributed by atoms with Crippen molar-refractivity contribution in [3.63, 3.8) is 0 Å². The van der Waals surface area contributed by atoms with Crippen LogP contribution in [0.3, 0.4) is 0 Å². The molecule has 13 heavy (non-hydrogen) atoms. The van der Waals surface area contributed by atoms with Crippen molar-refractivity contribution >= 4 is 15.1 Å². The van der Waals surface area contributed by atoms with Crippen LogP contribution in [0.1, 0.15) is 13.8 Å². The Kier molecular flexibility index (Phi) is 25.1. The van der Waals surface area contributed by atoms with Crippen LogP contribution in [0.4, 0.5) is 25.9 Å². The van der Waals surface area contributed by atoms with Crippen molar-refractivity contribution in [3.05, 3.63) is 0 Å². The first-order chi connectivity index (χ1) is 5.88. The summed E-state index contributed by atoms with van der Waals surface area (Å²) in [6, 6.07) is 0. The molecule has 0 spiro atoms. The molecule has 9 heteroatoms. The summed E-state index contributed by atoms with van der Waals surface area (Å²) in [5.41, 5.74) is 0. The van der Waals surface area contributed by atoms with E-state index in [4.69, 9.17) is 4.74 Å². The Morgan fingerprint density at radius 2 is 0.923 bits per heavy atom. The lowest BCUT2D eigenvalue weighted by molar-refractivity contribution is 0.162. The molecule has 0 aromatic carbocycles. The molecule has 0 saturated carbocycles. The molecular formula is C4H10B2F6O. The van der Waals surface area contributed by atoms with Crippen molar-refractivity contribution in [2.24, 2.45) is 0 Å². The number of rotatable bonds is 2. The van der Waals surface area contributed by atoms with Gasteiger partial charge in [0.05, 0.1) is 0 Å². The largest absolute Gasteiger partial charge is 0.762 e. The molecule has 0 aliphatic rings. The van der Waals surface area contributed by atoms with Crippen LogP contribution in [0, 0.1) is 0 Å². The molecular weight excluding hydrogens is 200 g/mol. The quantitative estimate of drug-likeness (QED) is 0.502. The Morgan fingerprint density at radius 3 is 0.923 bits per heavy atom. The van der Waals surface area contributed by atoms with E-state index in [0.29, 0.717) is 0 Å². The minimum atomic E-state index is -3.67. The highest BCUT2D eigenvalue weighted by atomic mass is 19.4. The first-order valence-electron chi connectivity index (χ1n) is 3.30. The van der Waals surface area contributed by atoms with Gasteiger partial charge in [-0.05, 0) is 13.8 Å². The van der Waals surface area contributed by atoms with Gasteiger partial charge < -0.3 is 4.74 Å². The lowest BCUT2D eigenvalue weighted by Gasteiger charge is -1.86. The van der Waals surface area contributed by atoms with Gasteiger partial charge in [-0.15, -0.1) is 0 Å². The summed E-state index contributed by atoms with van der Waals surface area (Å²) < 4.78 is 62.8. The van der Waals surface area contributed by atoms with E-state index in [1.807, 2.05) is 13.8 Å². The third kappa shape index (κ3) is 391. The molecule has 0 heterocycles. The zero-order valence-electron chi connectivity index (χ0n) is 7.24. The fourth-order valence-corrected chi connectivity index (χ4v) is 0.204. The maximum Gasteiger partial charge on any atom is 0.762 e. The van der Waals surface area contributed by atoms with Crippen molar-refractivity contribution in [2.75, 3.05) is 13.2 Å². The van der Waals surface area contributed by atoms with Crippen LogP contribution < -0.4 is 0 Å². The average Bonchev–Trinajstić information content (AvgIpc) is 1.86. The second kappa shape index (κ2) is 17.7. The van der Waals surface area contributed by atoms with Crippen LogP contribution in [-0.2, 0) is 4.74 Å². The molecule has 80 valence electrons. The number of halogens is 6. The molecule has 1 nitrogen and oxygen atoms in total. The van der Waals surface area contributed by atoms with Crippen LogP contribution in [0.5, 0.6) is 0 Å². The van der Waals surface area contributed by atoms with E-state index in [1.165, 1.54) is 0 Å². The Bertz CT molecular complexity index is 62.1. The number of hydrogen-bond donors (Lipinski definition) is 0. The molecule has 0 N–H and O–H groups in total. The molecule has 0 amide bonds. The smallest absolute Gasteiger partial charge is 0.382 e. The van der Waals surface area contributed by atoms with E-state index >= 15 is 0 Å². The fraction of sp³-hybridized carbons (Fsp3) is 1.00. The van der Waals surface area contributed by atoms with E-state index in [-0.39, 0.29) is 0 Å². The summed E-state index contributed by atoms with van der Waals surface area (Å²) in [6.07, 6.45) is 0. The van der Waals surface area contributed by atoms with Gasteiger partial charge in [-0.2, -0.15) is 0 Å². The molecule has 0 radical (unpaired) electrons. The van der Waals surface area contributed by atoms with Crippen LogP contribution in [0.25, 0.3) is 0 Å². The molecule has 0 bridgehead atoms. The molecule has 0 atom stereocenters. The van der Waals surface area contributed by atoms with Crippen molar-refractivity contribution in [1.29, 1.82) is 0 Å². The summed E-state index contributed by atoms with van der Waals surface area (Å²) in [7, 11) is -7.33. The second-order valence-corrected chi connectivity index (χ2v) is 1.28. The first kappa shape index (κ1) is 18.5. The van der Waals surface area contributed by atoms with Crippen LogP contribution in [-0.4, -0.2) is 28.3 Å². The van der Waals surface area contributed by atoms with Crippen LogP contribution >= 0.6 is 0 Å². The minimum Gasteiger partial charge on any atom is -0.382 e. The van der Waals surface area contributed by atoms with Gasteiger partial charge in [0.1, 0.15) is 0 Å². The van der Waals surface area contributed by atoms with Gasteiger partial charge in [-0.3, -0.25) is 25.9 Å². The summed E-state index contributed by atoms with van der Waals surface area (Å²) in [5.74, 6) is 0. The maximum atomic E-state index is 9.67. The third-order valence-electron chi connectivity index (χ3n) is 0.408. The lowest BCUT2D eigenvalue weighted by Crippen LogP contribution is -1.84. The van der Waals surface area contributed by atoms with Crippen LogP contribution in [0.2, 0.25) is 0 Å². The molecule has 0 aliphatic carbocycles. The van der Waals surface area contributed by atoms with Crippen molar-refractivity contribution in [3.8, 4) is 0 Å². The van der Waals surface area contributed by atoms with Gasteiger partial charge in [-0.1, -0.05) is 0 Å². The van der Waals surface area contributed by atoms with Gasteiger partial charge >= 0.3 is 15.1 Å². The van der Waals surface area contributed by atoms with E-state index in [2.05, 4.69) is 0 Å². The molecule has 0 aromatic heterocycles. The Labute approximate surface area is 73.9 Å². The van der Waals surface area contributed by atoms with E-state index < -0.39 is 15.1 Å². The number of ether oxygens (including phenoxy) is 1. The average molecular weight is 210 g/mol. The fourth-order valence-electron chi connectivity index (χ4n) is 0.204. The van der Waals surface area contributed by atoms with Gasteiger partial charge in [0.2, 0.25) is 0 Å². The van der Waals surface area contributed by atoms with Crippen molar-refractivity contribution in [1.82, 2.24) is 0 Å². The summed E-state index contributed by atoms with van der Waals surface area (Å²) in [6.45, 7) is 5.67. The highest BCUT2D eigenvalue weighted by Crippen LogP contribution is 1.80. The number of hydrogen-bond acceptors (Lipinski definition) is 1.